The van der Waals surface area contributed by atoms with E-state index in [9.17, 15) is 23.5 Å². The van der Waals surface area contributed by atoms with Crippen molar-refractivity contribution in [3.05, 3.63) is 70.8 Å². The molecule has 2 aromatic rings. The van der Waals surface area contributed by atoms with E-state index in [-0.39, 0.29) is 31.0 Å². The van der Waals surface area contributed by atoms with Crippen LogP contribution >= 0.6 is 0 Å². The van der Waals surface area contributed by atoms with Gasteiger partial charge in [0.15, 0.2) is 0 Å². The summed E-state index contributed by atoms with van der Waals surface area (Å²) in [6.45, 7) is 4.45. The van der Waals surface area contributed by atoms with Gasteiger partial charge in [-0.15, -0.1) is 0 Å². The molecule has 3 N–H and O–H groups in total. The van der Waals surface area contributed by atoms with Crippen LogP contribution in [0.25, 0.3) is 0 Å². The van der Waals surface area contributed by atoms with Crippen LogP contribution in [0.1, 0.15) is 73.4 Å². The maximum Gasteiger partial charge on any atom is 0.251 e. The number of nitrogens with two attached hydrogens (primary N) is 1. The zero-order valence-electron chi connectivity index (χ0n) is 21.6. The summed E-state index contributed by atoms with van der Waals surface area (Å²) >= 11 is 0. The number of benzene rings is 2. The molecule has 0 aliphatic carbocycles. The maximum atomic E-state index is 14.4. The van der Waals surface area contributed by atoms with Gasteiger partial charge in [-0.2, -0.15) is 0 Å². The highest BCUT2D eigenvalue weighted by molar-refractivity contribution is 5.92. The first kappa shape index (κ1) is 27.2. The van der Waals surface area contributed by atoms with Crippen LogP contribution in [0.5, 0.6) is 0 Å². The highest BCUT2D eigenvalue weighted by atomic mass is 19.1. The molecule has 2 aromatic carbocycles. The number of piperidine rings is 1. The fraction of sp³-hybridized carbons (Fsp3) is 0.517. The second-order valence-corrected chi connectivity index (χ2v) is 10.9. The van der Waals surface area contributed by atoms with E-state index in [2.05, 4.69) is 4.90 Å². The normalized spacial score (nSPS) is 22.3. The van der Waals surface area contributed by atoms with Gasteiger partial charge in [-0.3, -0.25) is 14.5 Å². The number of rotatable bonds is 10. The Morgan fingerprint density at radius 2 is 1.70 bits per heavy atom. The van der Waals surface area contributed by atoms with Crippen molar-refractivity contribution in [2.75, 3.05) is 13.1 Å². The average Bonchev–Trinajstić information content (AvgIpc) is 3.09. The smallest absolute Gasteiger partial charge is 0.251 e. The van der Waals surface area contributed by atoms with Crippen molar-refractivity contribution in [3.63, 3.8) is 0 Å². The Balaban J connectivity index is 1.46. The van der Waals surface area contributed by atoms with Crippen molar-refractivity contribution in [2.45, 2.75) is 76.6 Å². The quantitative estimate of drug-likeness (QED) is 0.498. The third kappa shape index (κ3) is 6.36. The molecule has 0 radical (unpaired) electrons. The van der Waals surface area contributed by atoms with Crippen molar-refractivity contribution >= 4 is 11.8 Å². The van der Waals surface area contributed by atoms with Gasteiger partial charge >= 0.3 is 0 Å². The molecular weight excluding hydrogens is 476 g/mol. The van der Waals surface area contributed by atoms with E-state index in [0.717, 1.165) is 31.2 Å². The van der Waals surface area contributed by atoms with Crippen molar-refractivity contribution < 1.29 is 23.5 Å². The summed E-state index contributed by atoms with van der Waals surface area (Å²) in [5, 5.41) is 10.5. The molecule has 4 rings (SSSR count). The number of fused-ring (bicyclic) bond motifs is 2. The zero-order chi connectivity index (χ0) is 26.7. The first-order valence-corrected chi connectivity index (χ1v) is 13.2. The molecule has 6 nitrogen and oxygen atoms in total. The molecule has 2 fully saturated rings. The van der Waals surface area contributed by atoms with Crippen molar-refractivity contribution in [3.8, 4) is 0 Å². The molecule has 2 bridgehead atoms. The standard InChI is InChI=1S/C29H37F2N3O3/c1-18(2)13-27(35)29(37)33(17-24-25(30)7-4-8-26(24)31)11-12-34-22-9-10-23(34)16-21(15-22)19-5-3-6-20(14-19)28(32)36/h3-8,14,18,21-23,27,35H,9-13,15-17H2,1-2H3,(H2,32,36)/t21?,22?,23?,27-/m0/s1. The summed E-state index contributed by atoms with van der Waals surface area (Å²) < 4.78 is 28.8. The third-order valence-electron chi connectivity index (χ3n) is 7.86. The summed E-state index contributed by atoms with van der Waals surface area (Å²) in [5.41, 5.74) is 6.94. The van der Waals surface area contributed by atoms with E-state index in [1.807, 2.05) is 32.0 Å². The molecule has 0 aromatic heterocycles. The van der Waals surface area contributed by atoms with Crippen LogP contribution in [0.3, 0.4) is 0 Å². The summed E-state index contributed by atoms with van der Waals surface area (Å²) in [4.78, 5) is 28.6. The molecule has 2 heterocycles. The van der Waals surface area contributed by atoms with E-state index in [0.29, 0.717) is 30.1 Å². The molecular formula is C29H37F2N3O3. The van der Waals surface area contributed by atoms with Gasteiger partial charge in [0, 0.05) is 36.3 Å². The molecule has 0 spiro atoms. The predicted octanol–water partition coefficient (Wildman–Crippen LogP) is 4.21. The van der Waals surface area contributed by atoms with E-state index < -0.39 is 29.6 Å². The van der Waals surface area contributed by atoms with Crippen LogP contribution in [-0.4, -0.2) is 58.0 Å². The monoisotopic (exact) mass is 513 g/mol. The van der Waals surface area contributed by atoms with Crippen LogP contribution in [0.2, 0.25) is 0 Å². The molecule has 2 saturated heterocycles. The SMILES string of the molecule is CC(C)C[C@H](O)C(=O)N(CCN1C2CCC1CC(c1cccc(C(N)=O)c1)C2)Cc1c(F)cccc1F. The van der Waals surface area contributed by atoms with Crippen molar-refractivity contribution in [2.24, 2.45) is 11.7 Å². The zero-order valence-corrected chi connectivity index (χ0v) is 21.6. The Morgan fingerprint density at radius 3 is 2.30 bits per heavy atom. The first-order chi connectivity index (χ1) is 17.6. The minimum atomic E-state index is -1.21. The highest BCUT2D eigenvalue weighted by Crippen LogP contribution is 2.43. The van der Waals surface area contributed by atoms with E-state index in [1.165, 1.54) is 23.1 Å². The minimum absolute atomic E-state index is 0.105. The van der Waals surface area contributed by atoms with Crippen molar-refractivity contribution in [1.29, 1.82) is 0 Å². The topological polar surface area (TPSA) is 86.9 Å². The predicted molar refractivity (Wildman–Crippen MR) is 138 cm³/mol. The van der Waals surface area contributed by atoms with Crippen molar-refractivity contribution in [1.82, 2.24) is 9.80 Å². The fourth-order valence-electron chi connectivity index (χ4n) is 5.99. The minimum Gasteiger partial charge on any atom is -0.383 e. The lowest BCUT2D eigenvalue weighted by Gasteiger charge is -2.40. The van der Waals surface area contributed by atoms with Gasteiger partial charge in [0.1, 0.15) is 17.7 Å². The molecule has 37 heavy (non-hydrogen) atoms. The number of hydrogen-bond acceptors (Lipinski definition) is 4. The Bertz CT molecular complexity index is 1090. The Hall–Kier alpha value is -2.84. The number of amides is 2. The lowest BCUT2D eigenvalue weighted by molar-refractivity contribution is -0.142. The van der Waals surface area contributed by atoms with Gasteiger partial charge < -0.3 is 15.7 Å². The van der Waals surface area contributed by atoms with Gasteiger partial charge in [0.25, 0.3) is 5.91 Å². The van der Waals surface area contributed by atoms with E-state index in [4.69, 9.17) is 5.73 Å². The van der Waals surface area contributed by atoms with Gasteiger partial charge in [0.05, 0.1) is 6.54 Å². The van der Waals surface area contributed by atoms with Gasteiger partial charge in [-0.1, -0.05) is 32.0 Å². The Morgan fingerprint density at radius 1 is 1.08 bits per heavy atom. The van der Waals surface area contributed by atoms with Gasteiger partial charge in [-0.25, -0.2) is 8.78 Å². The maximum absolute atomic E-state index is 14.4. The summed E-state index contributed by atoms with van der Waals surface area (Å²) in [5.74, 6) is -1.90. The molecule has 2 unspecified atom stereocenters. The second kappa shape index (κ2) is 11.7. The lowest BCUT2D eigenvalue weighted by Crippen LogP contribution is -2.48. The summed E-state index contributed by atoms with van der Waals surface area (Å²) in [6.07, 6.45) is 3.03. The highest BCUT2D eigenvalue weighted by Gasteiger charge is 2.41. The molecule has 3 atom stereocenters. The molecule has 200 valence electrons. The molecule has 8 heteroatoms. The lowest BCUT2D eigenvalue weighted by atomic mass is 9.84. The third-order valence-corrected chi connectivity index (χ3v) is 7.86. The number of primary amides is 1. The molecule has 2 aliphatic heterocycles. The van der Waals surface area contributed by atoms with Gasteiger partial charge in [-0.05, 0) is 73.8 Å². The second-order valence-electron chi connectivity index (χ2n) is 10.9. The Kier molecular flexibility index (Phi) is 8.60. The largest absolute Gasteiger partial charge is 0.383 e. The van der Waals surface area contributed by atoms with E-state index >= 15 is 0 Å². The van der Waals surface area contributed by atoms with Crippen LogP contribution < -0.4 is 5.73 Å². The number of halogens is 2. The summed E-state index contributed by atoms with van der Waals surface area (Å²) in [7, 11) is 0. The summed E-state index contributed by atoms with van der Waals surface area (Å²) in [6, 6.07) is 11.9. The first-order valence-electron chi connectivity index (χ1n) is 13.2. The number of hydrogen-bond donors (Lipinski definition) is 2. The van der Waals surface area contributed by atoms with Crippen LogP contribution in [0.15, 0.2) is 42.5 Å². The molecule has 2 amide bonds. The van der Waals surface area contributed by atoms with E-state index in [1.54, 1.807) is 6.07 Å². The molecule has 0 saturated carbocycles. The number of aliphatic hydroxyl groups is 1. The fourth-order valence-corrected chi connectivity index (χ4v) is 5.99. The van der Waals surface area contributed by atoms with Crippen LogP contribution in [-0.2, 0) is 11.3 Å². The van der Waals surface area contributed by atoms with Crippen LogP contribution in [0.4, 0.5) is 8.78 Å². The number of carbonyl (C=O) groups is 2. The van der Waals surface area contributed by atoms with Crippen LogP contribution in [0, 0.1) is 17.6 Å². The number of aliphatic hydroxyl groups excluding tert-OH is 1. The van der Waals surface area contributed by atoms with Gasteiger partial charge in [0.2, 0.25) is 5.91 Å². The molecule has 2 aliphatic rings. The Labute approximate surface area is 217 Å². The number of carbonyl (C=O) groups excluding carboxylic acids is 2. The number of nitrogens with zero attached hydrogens (tertiary/aromatic N) is 2. The average molecular weight is 514 g/mol.